The maximum Gasteiger partial charge on any atom is 0.251 e. The summed E-state index contributed by atoms with van der Waals surface area (Å²) < 4.78 is 5.39. The second kappa shape index (κ2) is 3.89. The summed E-state index contributed by atoms with van der Waals surface area (Å²) in [6.07, 6.45) is 5.37. The number of carbonyl (C=O) groups is 1. The van der Waals surface area contributed by atoms with Gasteiger partial charge in [0, 0.05) is 23.0 Å². The van der Waals surface area contributed by atoms with Crippen molar-refractivity contribution >= 4 is 16.9 Å². The van der Waals surface area contributed by atoms with E-state index in [0.717, 1.165) is 11.0 Å². The number of benzene rings is 1. The third kappa shape index (κ3) is 1.57. The number of hydrogen-bond donors (Lipinski definition) is 1. The van der Waals surface area contributed by atoms with Crippen LogP contribution in [0.5, 0.6) is 0 Å². The first-order chi connectivity index (χ1) is 10.3. The van der Waals surface area contributed by atoms with Crippen LogP contribution < -0.4 is 5.32 Å². The molecule has 2 unspecified atom stereocenters. The fraction of sp³-hybridized carbons (Fsp3) is 0.471. The minimum atomic E-state index is 0.0401. The summed E-state index contributed by atoms with van der Waals surface area (Å²) in [5.41, 5.74) is 1.78. The van der Waals surface area contributed by atoms with Crippen molar-refractivity contribution < 1.29 is 9.21 Å². The minimum absolute atomic E-state index is 0.0401. The van der Waals surface area contributed by atoms with Crippen LogP contribution in [0.3, 0.4) is 0 Å². The number of fused-ring (bicyclic) bond motifs is 4. The predicted octanol–water partition coefficient (Wildman–Crippen LogP) is 2.40. The molecule has 3 atom stereocenters. The van der Waals surface area contributed by atoms with Crippen molar-refractivity contribution in [3.8, 4) is 0 Å². The molecule has 21 heavy (non-hydrogen) atoms. The summed E-state index contributed by atoms with van der Waals surface area (Å²) in [6, 6.07) is 7.94. The molecule has 108 valence electrons. The van der Waals surface area contributed by atoms with Gasteiger partial charge in [0.05, 0.1) is 12.3 Å². The Balaban J connectivity index is 1.42. The highest BCUT2D eigenvalue weighted by Gasteiger charge is 2.63. The van der Waals surface area contributed by atoms with Crippen LogP contribution in [-0.2, 0) is 0 Å². The minimum Gasteiger partial charge on any atom is -0.464 e. The zero-order valence-electron chi connectivity index (χ0n) is 11.8. The van der Waals surface area contributed by atoms with E-state index in [1.165, 1.54) is 32.4 Å². The van der Waals surface area contributed by atoms with E-state index in [1.807, 2.05) is 24.3 Å². The molecule has 1 saturated carbocycles. The summed E-state index contributed by atoms with van der Waals surface area (Å²) in [6.45, 7) is 2.39. The van der Waals surface area contributed by atoms with Crippen LogP contribution >= 0.6 is 0 Å². The van der Waals surface area contributed by atoms with Gasteiger partial charge < -0.3 is 9.73 Å². The van der Waals surface area contributed by atoms with Gasteiger partial charge in [0.1, 0.15) is 5.58 Å². The molecular formula is C17H18N2O2. The fourth-order valence-corrected chi connectivity index (χ4v) is 4.43. The van der Waals surface area contributed by atoms with Crippen LogP contribution in [-0.4, -0.2) is 35.5 Å². The van der Waals surface area contributed by atoms with E-state index in [4.69, 9.17) is 4.42 Å². The molecule has 1 aliphatic carbocycles. The third-order valence-electron chi connectivity index (χ3n) is 5.67. The highest BCUT2D eigenvalue weighted by atomic mass is 16.3. The van der Waals surface area contributed by atoms with Crippen molar-refractivity contribution in [3.05, 3.63) is 36.1 Å². The van der Waals surface area contributed by atoms with Gasteiger partial charge in [0.15, 0.2) is 0 Å². The normalized spacial score (nSPS) is 31.9. The molecule has 3 heterocycles. The summed E-state index contributed by atoms with van der Waals surface area (Å²) in [5, 5.41) is 4.35. The lowest BCUT2D eigenvalue weighted by Crippen LogP contribution is -2.51. The number of carbonyl (C=O) groups excluding carboxylic acids is 1. The van der Waals surface area contributed by atoms with E-state index < -0.39 is 0 Å². The van der Waals surface area contributed by atoms with Crippen molar-refractivity contribution in [2.24, 2.45) is 5.92 Å². The van der Waals surface area contributed by atoms with Crippen molar-refractivity contribution in [1.29, 1.82) is 0 Å². The number of nitrogens with zero attached hydrogens (tertiary/aromatic N) is 1. The van der Waals surface area contributed by atoms with E-state index in [-0.39, 0.29) is 5.91 Å². The van der Waals surface area contributed by atoms with Crippen LogP contribution in [0.4, 0.5) is 0 Å². The molecule has 4 heteroatoms. The van der Waals surface area contributed by atoms with Crippen LogP contribution in [0.1, 0.15) is 29.6 Å². The maximum atomic E-state index is 12.6. The monoisotopic (exact) mass is 282 g/mol. The average Bonchev–Trinajstić information content (AvgIpc) is 2.91. The smallest absolute Gasteiger partial charge is 0.251 e. The van der Waals surface area contributed by atoms with Gasteiger partial charge in [-0.05, 0) is 49.9 Å². The fourth-order valence-electron chi connectivity index (χ4n) is 4.43. The molecule has 0 radical (unpaired) electrons. The molecule has 1 spiro atoms. The van der Waals surface area contributed by atoms with Gasteiger partial charge in [0.25, 0.3) is 5.91 Å². The largest absolute Gasteiger partial charge is 0.464 e. The van der Waals surface area contributed by atoms with Gasteiger partial charge in [-0.1, -0.05) is 6.07 Å². The molecule has 2 saturated heterocycles. The second-order valence-corrected chi connectivity index (χ2v) is 6.72. The Morgan fingerprint density at radius 3 is 3.10 bits per heavy atom. The molecule has 1 aromatic heterocycles. The summed E-state index contributed by atoms with van der Waals surface area (Å²) in [7, 11) is 0. The van der Waals surface area contributed by atoms with E-state index in [0.29, 0.717) is 23.1 Å². The van der Waals surface area contributed by atoms with Gasteiger partial charge in [-0.2, -0.15) is 0 Å². The zero-order chi connectivity index (χ0) is 14.0. The third-order valence-corrected chi connectivity index (χ3v) is 5.67. The van der Waals surface area contributed by atoms with E-state index in [9.17, 15) is 4.79 Å². The Morgan fingerprint density at radius 1 is 1.33 bits per heavy atom. The van der Waals surface area contributed by atoms with Crippen LogP contribution in [0.15, 0.2) is 34.9 Å². The standard InChI is InChI=1S/C17H18N2O2/c20-16(12-2-1-11-4-8-21-14(11)9-12)18-15-13-3-7-19(10-13)17(15)5-6-17/h1-2,4,8-9,13,15H,3,5-7,10H2,(H,18,20)/t13?,15-/m1/s1. The molecule has 2 bridgehead atoms. The quantitative estimate of drug-likeness (QED) is 0.920. The number of furan rings is 1. The first-order valence-corrected chi connectivity index (χ1v) is 7.79. The molecule has 1 aromatic carbocycles. The van der Waals surface area contributed by atoms with E-state index in [2.05, 4.69) is 10.2 Å². The van der Waals surface area contributed by atoms with Crippen molar-refractivity contribution in [2.45, 2.75) is 30.8 Å². The van der Waals surface area contributed by atoms with Gasteiger partial charge in [-0.25, -0.2) is 0 Å². The lowest BCUT2D eigenvalue weighted by Gasteiger charge is -2.33. The highest BCUT2D eigenvalue weighted by Crippen LogP contribution is 2.55. The van der Waals surface area contributed by atoms with Crippen molar-refractivity contribution in [1.82, 2.24) is 10.2 Å². The number of piperidine rings is 1. The summed E-state index contributed by atoms with van der Waals surface area (Å²) in [5.74, 6) is 0.683. The van der Waals surface area contributed by atoms with Crippen LogP contribution in [0.2, 0.25) is 0 Å². The molecular weight excluding hydrogens is 264 g/mol. The van der Waals surface area contributed by atoms with Gasteiger partial charge in [0.2, 0.25) is 0 Å². The summed E-state index contributed by atoms with van der Waals surface area (Å²) >= 11 is 0. The van der Waals surface area contributed by atoms with Gasteiger partial charge in [-0.15, -0.1) is 0 Å². The Hall–Kier alpha value is -1.81. The zero-order valence-corrected chi connectivity index (χ0v) is 11.8. The Labute approximate surface area is 123 Å². The first-order valence-electron chi connectivity index (χ1n) is 7.79. The molecule has 3 aliphatic rings. The Kier molecular flexibility index (Phi) is 2.19. The lowest BCUT2D eigenvalue weighted by molar-refractivity contribution is 0.0892. The van der Waals surface area contributed by atoms with Crippen LogP contribution in [0.25, 0.3) is 11.0 Å². The SMILES string of the molecule is O=C(N[C@@H]1C2CCN(C2)C12CC2)c1ccc2ccoc2c1. The van der Waals surface area contributed by atoms with Gasteiger partial charge >= 0.3 is 0 Å². The Morgan fingerprint density at radius 2 is 2.24 bits per heavy atom. The number of nitrogens with one attached hydrogen (secondary N) is 1. The van der Waals surface area contributed by atoms with Crippen molar-refractivity contribution in [3.63, 3.8) is 0 Å². The van der Waals surface area contributed by atoms with Crippen LogP contribution in [0, 0.1) is 5.92 Å². The summed E-state index contributed by atoms with van der Waals surface area (Å²) in [4.78, 5) is 15.2. The van der Waals surface area contributed by atoms with E-state index in [1.54, 1.807) is 6.26 Å². The molecule has 1 N–H and O–H groups in total. The molecule has 5 rings (SSSR count). The number of amides is 1. The highest BCUT2D eigenvalue weighted by molar-refractivity contribution is 5.97. The second-order valence-electron chi connectivity index (χ2n) is 6.72. The lowest BCUT2D eigenvalue weighted by atomic mass is 9.91. The number of hydrogen-bond acceptors (Lipinski definition) is 3. The van der Waals surface area contributed by atoms with E-state index >= 15 is 0 Å². The predicted molar refractivity (Wildman–Crippen MR) is 79.1 cm³/mol. The molecule has 3 fully saturated rings. The maximum absolute atomic E-state index is 12.6. The molecule has 2 aromatic rings. The molecule has 4 nitrogen and oxygen atoms in total. The topological polar surface area (TPSA) is 45.5 Å². The molecule has 1 amide bonds. The average molecular weight is 282 g/mol. The van der Waals surface area contributed by atoms with Crippen molar-refractivity contribution in [2.75, 3.05) is 13.1 Å². The van der Waals surface area contributed by atoms with Gasteiger partial charge in [-0.3, -0.25) is 9.69 Å². The molecule has 2 aliphatic heterocycles. The first kappa shape index (κ1) is 11.8. The number of rotatable bonds is 2. The Bertz CT molecular complexity index is 731.